The monoisotopic (exact) mass is 361 g/mol. The summed E-state index contributed by atoms with van der Waals surface area (Å²) in [5, 5.41) is 3.51. The summed E-state index contributed by atoms with van der Waals surface area (Å²) in [5.41, 5.74) is 6.24. The van der Waals surface area contributed by atoms with Crippen molar-refractivity contribution in [3.8, 4) is 22.8 Å². The molecule has 0 spiro atoms. The normalized spacial score (nSPS) is 11.2. The largest absolute Gasteiger partial charge is 0.244 e. The van der Waals surface area contributed by atoms with Crippen LogP contribution in [0.4, 0.5) is 0 Å². The maximum absolute atomic E-state index is 4.97. The molecule has 134 valence electrons. The van der Waals surface area contributed by atoms with Crippen molar-refractivity contribution < 1.29 is 0 Å². The second-order valence-corrected chi connectivity index (χ2v) is 7.09. The molecule has 0 saturated heterocycles. The van der Waals surface area contributed by atoms with Crippen LogP contribution in [0.25, 0.3) is 44.5 Å². The average Bonchev–Trinajstić information content (AvgIpc) is 2.75. The van der Waals surface area contributed by atoms with E-state index in [1.807, 2.05) is 36.5 Å². The highest BCUT2D eigenvalue weighted by Crippen LogP contribution is 2.32. The fraction of sp³-hybridized carbons (Fsp3) is 0.0800. The summed E-state index contributed by atoms with van der Waals surface area (Å²) in [6.45, 7) is 4.24. The molecule has 0 aliphatic heterocycles. The summed E-state index contributed by atoms with van der Waals surface area (Å²) in [4.78, 5) is 14.2. The van der Waals surface area contributed by atoms with E-state index >= 15 is 0 Å². The summed E-state index contributed by atoms with van der Waals surface area (Å²) >= 11 is 0. The highest BCUT2D eigenvalue weighted by Gasteiger charge is 2.12. The second kappa shape index (κ2) is 6.54. The lowest BCUT2D eigenvalue weighted by Gasteiger charge is -2.12. The molecular formula is C25H19N3. The summed E-state index contributed by atoms with van der Waals surface area (Å²) in [7, 11) is 0. The van der Waals surface area contributed by atoms with Gasteiger partial charge < -0.3 is 0 Å². The van der Waals surface area contributed by atoms with Gasteiger partial charge in [-0.05, 0) is 47.9 Å². The molecule has 5 aromatic rings. The van der Waals surface area contributed by atoms with Crippen LogP contribution in [0.3, 0.4) is 0 Å². The van der Waals surface area contributed by atoms with Crippen molar-refractivity contribution in [2.24, 2.45) is 0 Å². The van der Waals surface area contributed by atoms with Crippen molar-refractivity contribution >= 4 is 21.7 Å². The van der Waals surface area contributed by atoms with E-state index in [-0.39, 0.29) is 0 Å². The fourth-order valence-corrected chi connectivity index (χ4v) is 3.68. The van der Waals surface area contributed by atoms with Crippen molar-refractivity contribution in [2.75, 3.05) is 0 Å². The number of hydrogen-bond donors (Lipinski definition) is 0. The molecule has 5 rings (SSSR count). The van der Waals surface area contributed by atoms with Gasteiger partial charge in [-0.25, -0.2) is 15.0 Å². The first kappa shape index (κ1) is 16.6. The molecule has 2 heterocycles. The molecule has 0 saturated carbocycles. The Kier molecular flexibility index (Phi) is 3.87. The van der Waals surface area contributed by atoms with Crippen LogP contribution in [0.2, 0.25) is 0 Å². The van der Waals surface area contributed by atoms with Crippen LogP contribution < -0.4 is 0 Å². The van der Waals surface area contributed by atoms with Gasteiger partial charge in [0.2, 0.25) is 0 Å². The molecule has 0 bridgehead atoms. The van der Waals surface area contributed by atoms with Crippen molar-refractivity contribution in [2.45, 2.75) is 13.8 Å². The zero-order valence-corrected chi connectivity index (χ0v) is 15.8. The Morgan fingerprint density at radius 2 is 1.39 bits per heavy atom. The lowest BCUT2D eigenvalue weighted by molar-refractivity contribution is 1.17. The van der Waals surface area contributed by atoms with E-state index in [0.29, 0.717) is 5.82 Å². The quantitative estimate of drug-likeness (QED) is 0.380. The van der Waals surface area contributed by atoms with E-state index < -0.39 is 0 Å². The van der Waals surface area contributed by atoms with Gasteiger partial charge in [-0.3, -0.25) is 0 Å². The van der Waals surface area contributed by atoms with E-state index in [4.69, 9.17) is 9.97 Å². The third-order valence-corrected chi connectivity index (χ3v) is 5.21. The van der Waals surface area contributed by atoms with E-state index in [1.165, 1.54) is 16.3 Å². The molecule has 3 heteroatoms. The van der Waals surface area contributed by atoms with Gasteiger partial charge in [0, 0.05) is 17.1 Å². The number of fused-ring (bicyclic) bond motifs is 2. The van der Waals surface area contributed by atoms with Crippen LogP contribution in [-0.2, 0) is 0 Å². The SMILES string of the molecule is Cc1ccc(-c2ncc3ccccc3n2)nc1-c1ccc(C)c2ccccc12. The van der Waals surface area contributed by atoms with Gasteiger partial charge in [0.15, 0.2) is 5.82 Å². The molecule has 0 N–H and O–H groups in total. The van der Waals surface area contributed by atoms with Crippen LogP contribution in [0.15, 0.2) is 79.0 Å². The molecule has 3 nitrogen and oxygen atoms in total. The molecule has 0 radical (unpaired) electrons. The van der Waals surface area contributed by atoms with Crippen LogP contribution in [-0.4, -0.2) is 15.0 Å². The summed E-state index contributed by atoms with van der Waals surface area (Å²) < 4.78 is 0. The third kappa shape index (κ3) is 2.72. The first-order valence-corrected chi connectivity index (χ1v) is 9.39. The van der Waals surface area contributed by atoms with Crippen molar-refractivity contribution in [1.82, 2.24) is 15.0 Å². The standard InChI is InChI=1S/C25H19N3/c1-16-11-13-21(20-9-5-4-8-19(16)20)24-17(2)12-14-23(27-24)25-26-15-18-7-3-6-10-22(18)28-25/h3-15H,1-2H3. The van der Waals surface area contributed by atoms with Crippen LogP contribution in [0, 0.1) is 13.8 Å². The Balaban J connectivity index is 1.71. The first-order valence-electron chi connectivity index (χ1n) is 9.39. The highest BCUT2D eigenvalue weighted by atomic mass is 14.9. The smallest absolute Gasteiger partial charge is 0.178 e. The minimum Gasteiger partial charge on any atom is -0.244 e. The number of benzene rings is 3. The summed E-state index contributed by atoms with van der Waals surface area (Å²) in [6, 6.07) is 24.9. The lowest BCUT2D eigenvalue weighted by atomic mass is 9.96. The van der Waals surface area contributed by atoms with Gasteiger partial charge in [-0.15, -0.1) is 0 Å². The number of para-hydroxylation sites is 1. The zero-order valence-electron chi connectivity index (χ0n) is 15.8. The molecule has 0 aliphatic rings. The Labute approximate surface area is 163 Å². The lowest BCUT2D eigenvalue weighted by Crippen LogP contribution is -1.96. The molecule has 0 aliphatic carbocycles. The van der Waals surface area contributed by atoms with E-state index in [1.54, 1.807) is 0 Å². The fourth-order valence-electron chi connectivity index (χ4n) is 3.68. The second-order valence-electron chi connectivity index (χ2n) is 7.09. The van der Waals surface area contributed by atoms with Crippen molar-refractivity contribution in [1.29, 1.82) is 0 Å². The third-order valence-electron chi connectivity index (χ3n) is 5.21. The van der Waals surface area contributed by atoms with Gasteiger partial charge in [0.25, 0.3) is 0 Å². The van der Waals surface area contributed by atoms with E-state index in [0.717, 1.165) is 33.4 Å². The number of pyridine rings is 1. The van der Waals surface area contributed by atoms with Gasteiger partial charge >= 0.3 is 0 Å². The molecule has 28 heavy (non-hydrogen) atoms. The van der Waals surface area contributed by atoms with Gasteiger partial charge in [-0.1, -0.05) is 60.7 Å². The number of hydrogen-bond acceptors (Lipinski definition) is 3. The Morgan fingerprint density at radius 3 is 2.29 bits per heavy atom. The molecule has 3 aromatic carbocycles. The van der Waals surface area contributed by atoms with Crippen molar-refractivity contribution in [3.05, 3.63) is 90.1 Å². The summed E-state index contributed by atoms with van der Waals surface area (Å²) in [6.07, 6.45) is 1.86. The zero-order chi connectivity index (χ0) is 19.1. The van der Waals surface area contributed by atoms with Gasteiger partial charge in [0.05, 0.1) is 11.2 Å². The predicted octanol–water partition coefficient (Wildman–Crippen LogP) is 6.13. The molecule has 0 unspecified atom stereocenters. The maximum Gasteiger partial charge on any atom is 0.178 e. The molecule has 2 aromatic heterocycles. The minimum atomic E-state index is 0.649. The number of aryl methyl sites for hydroxylation is 2. The molecule has 0 amide bonds. The van der Waals surface area contributed by atoms with Crippen LogP contribution in [0.1, 0.15) is 11.1 Å². The molecule has 0 fully saturated rings. The first-order chi connectivity index (χ1) is 13.7. The Hall–Kier alpha value is -3.59. The average molecular weight is 361 g/mol. The highest BCUT2D eigenvalue weighted by molar-refractivity contribution is 5.98. The molecule has 0 atom stereocenters. The number of nitrogens with zero attached hydrogens (tertiary/aromatic N) is 3. The van der Waals surface area contributed by atoms with Gasteiger partial charge in [0.1, 0.15) is 5.69 Å². The van der Waals surface area contributed by atoms with E-state index in [2.05, 4.69) is 61.3 Å². The maximum atomic E-state index is 4.97. The van der Waals surface area contributed by atoms with Crippen molar-refractivity contribution in [3.63, 3.8) is 0 Å². The summed E-state index contributed by atoms with van der Waals surface area (Å²) in [5.74, 6) is 0.649. The van der Waals surface area contributed by atoms with E-state index in [9.17, 15) is 0 Å². The van der Waals surface area contributed by atoms with Crippen LogP contribution in [0.5, 0.6) is 0 Å². The van der Waals surface area contributed by atoms with Crippen LogP contribution >= 0.6 is 0 Å². The topological polar surface area (TPSA) is 38.7 Å². The number of aromatic nitrogens is 3. The Bertz CT molecular complexity index is 1340. The minimum absolute atomic E-state index is 0.649. The predicted molar refractivity (Wildman–Crippen MR) is 115 cm³/mol. The number of rotatable bonds is 2. The van der Waals surface area contributed by atoms with Gasteiger partial charge in [-0.2, -0.15) is 0 Å². The Morgan fingerprint density at radius 1 is 0.643 bits per heavy atom. The molecular weight excluding hydrogens is 342 g/mol.